The molecule has 1 saturated heterocycles. The van der Waals surface area contributed by atoms with E-state index in [1.54, 1.807) is 12.1 Å². The number of fused-ring (bicyclic) bond motifs is 1. The number of hydrogen-bond acceptors (Lipinski definition) is 4. The predicted octanol–water partition coefficient (Wildman–Crippen LogP) is 2.69. The smallest absolute Gasteiger partial charge is 0.338 e. The van der Waals surface area contributed by atoms with Crippen molar-refractivity contribution < 1.29 is 19.0 Å². The molecule has 0 saturated carbocycles. The third kappa shape index (κ3) is 2.62. The fourth-order valence-electron chi connectivity index (χ4n) is 2.65. The van der Waals surface area contributed by atoms with E-state index in [4.69, 9.17) is 14.2 Å². The Bertz CT molecular complexity index is 521. The van der Waals surface area contributed by atoms with Gasteiger partial charge in [-0.2, -0.15) is 0 Å². The van der Waals surface area contributed by atoms with Crippen molar-refractivity contribution >= 4 is 5.97 Å². The molecule has 2 aliphatic rings. The van der Waals surface area contributed by atoms with Crippen LogP contribution in [-0.2, 0) is 14.2 Å². The van der Waals surface area contributed by atoms with Crippen LogP contribution in [0.5, 0.6) is 0 Å². The van der Waals surface area contributed by atoms with Gasteiger partial charge in [0.2, 0.25) is 0 Å². The Morgan fingerprint density at radius 1 is 1.25 bits per heavy atom. The summed E-state index contributed by atoms with van der Waals surface area (Å²) in [5.41, 5.74) is 0.543. The Kier molecular flexibility index (Phi) is 3.36. The molecule has 0 bridgehead atoms. The highest BCUT2D eigenvalue weighted by atomic mass is 16.8. The molecule has 4 heteroatoms. The van der Waals surface area contributed by atoms with Gasteiger partial charge in [-0.1, -0.05) is 24.3 Å². The average molecular weight is 274 g/mol. The summed E-state index contributed by atoms with van der Waals surface area (Å²) in [6.07, 6.45) is 3.96. The molecule has 1 fully saturated rings. The molecule has 1 aliphatic heterocycles. The first-order valence-electron chi connectivity index (χ1n) is 6.83. The van der Waals surface area contributed by atoms with Gasteiger partial charge in [-0.05, 0) is 38.5 Å². The van der Waals surface area contributed by atoms with E-state index in [0.717, 1.165) is 6.42 Å². The molecule has 4 nitrogen and oxygen atoms in total. The van der Waals surface area contributed by atoms with E-state index in [0.29, 0.717) is 5.56 Å². The molecule has 0 spiro atoms. The third-order valence-corrected chi connectivity index (χ3v) is 3.49. The lowest BCUT2D eigenvalue weighted by molar-refractivity contribution is -0.152. The van der Waals surface area contributed by atoms with Crippen molar-refractivity contribution in [1.29, 1.82) is 0 Å². The molecule has 106 valence electrons. The number of hydrogen-bond donors (Lipinski definition) is 0. The topological polar surface area (TPSA) is 44.8 Å². The number of rotatable bonds is 2. The van der Waals surface area contributed by atoms with Crippen LogP contribution in [0, 0.1) is 0 Å². The van der Waals surface area contributed by atoms with Crippen LogP contribution < -0.4 is 0 Å². The normalized spacial score (nSPS) is 30.8. The molecule has 1 aliphatic carbocycles. The molecule has 0 radical (unpaired) electrons. The Balaban J connectivity index is 1.72. The van der Waals surface area contributed by atoms with Crippen LogP contribution in [0.1, 0.15) is 30.6 Å². The fourth-order valence-corrected chi connectivity index (χ4v) is 2.65. The van der Waals surface area contributed by atoms with Crippen LogP contribution in [0.3, 0.4) is 0 Å². The Morgan fingerprint density at radius 2 is 2.00 bits per heavy atom. The van der Waals surface area contributed by atoms with Crippen molar-refractivity contribution in [3.63, 3.8) is 0 Å². The van der Waals surface area contributed by atoms with Crippen LogP contribution in [0.2, 0.25) is 0 Å². The maximum atomic E-state index is 12.1. The van der Waals surface area contributed by atoms with Crippen LogP contribution in [0.4, 0.5) is 0 Å². The van der Waals surface area contributed by atoms with Gasteiger partial charge in [0, 0.05) is 0 Å². The third-order valence-electron chi connectivity index (χ3n) is 3.49. The maximum absolute atomic E-state index is 12.1. The Labute approximate surface area is 118 Å². The first-order valence-corrected chi connectivity index (χ1v) is 6.83. The van der Waals surface area contributed by atoms with Gasteiger partial charge < -0.3 is 14.2 Å². The van der Waals surface area contributed by atoms with Crippen LogP contribution >= 0.6 is 0 Å². The maximum Gasteiger partial charge on any atom is 0.338 e. The number of benzene rings is 1. The predicted molar refractivity (Wildman–Crippen MR) is 73.2 cm³/mol. The standard InChI is InChI=1S/C16H18O4/c1-16(2)19-13-10-6-9-12(14(13)20-16)18-15(17)11-7-4-3-5-8-11/h3-9,12-14H,10H2,1-2H3/t12-,13?,14?/m0/s1. The van der Waals surface area contributed by atoms with E-state index in [1.807, 2.05) is 44.2 Å². The van der Waals surface area contributed by atoms with Gasteiger partial charge in [-0.3, -0.25) is 0 Å². The van der Waals surface area contributed by atoms with E-state index in [1.165, 1.54) is 0 Å². The molecule has 2 unspecified atom stereocenters. The fraction of sp³-hybridized carbons (Fsp3) is 0.438. The number of carbonyl (C=O) groups is 1. The highest BCUT2D eigenvalue weighted by Crippen LogP contribution is 2.35. The minimum absolute atomic E-state index is 0.0522. The zero-order valence-electron chi connectivity index (χ0n) is 11.6. The summed E-state index contributed by atoms with van der Waals surface area (Å²) in [6, 6.07) is 8.97. The summed E-state index contributed by atoms with van der Waals surface area (Å²) < 4.78 is 17.2. The quantitative estimate of drug-likeness (QED) is 0.614. The van der Waals surface area contributed by atoms with Crippen LogP contribution in [0.15, 0.2) is 42.5 Å². The number of carbonyl (C=O) groups excluding carboxylic acids is 1. The molecule has 1 aromatic carbocycles. The summed E-state index contributed by atoms with van der Waals surface area (Å²) in [6.45, 7) is 3.75. The molecule has 0 amide bonds. The van der Waals surface area contributed by atoms with Gasteiger partial charge in [0.25, 0.3) is 0 Å². The number of esters is 1. The first-order chi connectivity index (χ1) is 9.55. The Hall–Kier alpha value is -1.65. The lowest BCUT2D eigenvalue weighted by Gasteiger charge is -2.26. The second kappa shape index (κ2) is 5.04. The largest absolute Gasteiger partial charge is 0.452 e. The highest BCUT2D eigenvalue weighted by Gasteiger charge is 2.46. The summed E-state index contributed by atoms with van der Waals surface area (Å²) in [4.78, 5) is 12.1. The second-order valence-corrected chi connectivity index (χ2v) is 5.54. The molecular formula is C16H18O4. The molecule has 3 rings (SSSR count). The summed E-state index contributed by atoms with van der Waals surface area (Å²) in [5.74, 6) is -0.965. The zero-order valence-corrected chi connectivity index (χ0v) is 11.6. The van der Waals surface area contributed by atoms with Gasteiger partial charge >= 0.3 is 5.97 Å². The number of ether oxygens (including phenoxy) is 3. The van der Waals surface area contributed by atoms with Crippen molar-refractivity contribution in [3.05, 3.63) is 48.0 Å². The Morgan fingerprint density at radius 3 is 2.75 bits per heavy atom. The minimum atomic E-state index is -0.626. The van der Waals surface area contributed by atoms with Crippen molar-refractivity contribution in [2.24, 2.45) is 0 Å². The van der Waals surface area contributed by atoms with E-state index < -0.39 is 11.9 Å². The van der Waals surface area contributed by atoms with Crippen molar-refractivity contribution in [2.45, 2.75) is 44.4 Å². The van der Waals surface area contributed by atoms with Crippen LogP contribution in [0.25, 0.3) is 0 Å². The second-order valence-electron chi connectivity index (χ2n) is 5.54. The molecule has 0 N–H and O–H groups in total. The van der Waals surface area contributed by atoms with E-state index in [-0.39, 0.29) is 18.2 Å². The lowest BCUT2D eigenvalue weighted by Crippen LogP contribution is -2.39. The first kappa shape index (κ1) is 13.3. The molecule has 1 heterocycles. The van der Waals surface area contributed by atoms with Crippen molar-refractivity contribution in [3.8, 4) is 0 Å². The lowest BCUT2D eigenvalue weighted by atomic mass is 9.99. The monoisotopic (exact) mass is 274 g/mol. The van der Waals surface area contributed by atoms with E-state index >= 15 is 0 Å². The van der Waals surface area contributed by atoms with Gasteiger partial charge in [0.15, 0.2) is 5.79 Å². The molecule has 0 aromatic heterocycles. The summed E-state index contributed by atoms with van der Waals surface area (Å²) in [7, 11) is 0. The minimum Gasteiger partial charge on any atom is -0.452 e. The van der Waals surface area contributed by atoms with E-state index in [9.17, 15) is 4.79 Å². The SMILES string of the molecule is CC1(C)OC2CC=C[C@H](OC(=O)c3ccccc3)C2O1. The summed E-state index contributed by atoms with van der Waals surface area (Å²) >= 11 is 0. The molecular weight excluding hydrogens is 256 g/mol. The average Bonchev–Trinajstić information content (AvgIpc) is 2.75. The van der Waals surface area contributed by atoms with Gasteiger partial charge in [-0.25, -0.2) is 4.79 Å². The van der Waals surface area contributed by atoms with Crippen molar-refractivity contribution in [2.75, 3.05) is 0 Å². The molecule has 3 atom stereocenters. The zero-order chi connectivity index (χ0) is 14.2. The van der Waals surface area contributed by atoms with Gasteiger partial charge in [-0.15, -0.1) is 0 Å². The molecule has 20 heavy (non-hydrogen) atoms. The van der Waals surface area contributed by atoms with Crippen LogP contribution in [-0.4, -0.2) is 30.1 Å². The van der Waals surface area contributed by atoms with E-state index in [2.05, 4.69) is 0 Å². The highest BCUT2D eigenvalue weighted by molar-refractivity contribution is 5.89. The summed E-state index contributed by atoms with van der Waals surface area (Å²) in [5, 5.41) is 0. The van der Waals surface area contributed by atoms with Gasteiger partial charge in [0.05, 0.1) is 11.7 Å². The van der Waals surface area contributed by atoms with Gasteiger partial charge in [0.1, 0.15) is 12.2 Å². The van der Waals surface area contributed by atoms with Crippen molar-refractivity contribution in [1.82, 2.24) is 0 Å². The molecule has 1 aromatic rings.